The first kappa shape index (κ1) is 14.2. The van der Waals surface area contributed by atoms with E-state index < -0.39 is 0 Å². The van der Waals surface area contributed by atoms with Gasteiger partial charge in [-0.3, -0.25) is 4.99 Å². The van der Waals surface area contributed by atoms with E-state index in [0.29, 0.717) is 5.25 Å². The summed E-state index contributed by atoms with van der Waals surface area (Å²) in [6.07, 6.45) is 1.03. The highest BCUT2D eigenvalue weighted by Gasteiger charge is 2.21. The Morgan fingerprint density at radius 2 is 1.95 bits per heavy atom. The zero-order valence-electron chi connectivity index (χ0n) is 12.5. The highest BCUT2D eigenvalue weighted by atomic mass is 32.2. The van der Waals surface area contributed by atoms with Gasteiger partial charge < -0.3 is 5.32 Å². The third-order valence-corrected chi connectivity index (χ3v) is 4.96. The average molecular weight is 296 g/mol. The molecule has 3 heteroatoms. The van der Waals surface area contributed by atoms with E-state index in [1.165, 1.54) is 22.4 Å². The van der Waals surface area contributed by atoms with E-state index in [0.717, 1.165) is 18.1 Å². The summed E-state index contributed by atoms with van der Waals surface area (Å²) in [4.78, 5) is 4.67. The molecule has 0 aliphatic carbocycles. The molecule has 21 heavy (non-hydrogen) atoms. The van der Waals surface area contributed by atoms with Crippen molar-refractivity contribution >= 4 is 22.6 Å². The molecule has 0 saturated heterocycles. The Labute approximate surface area is 130 Å². The highest BCUT2D eigenvalue weighted by molar-refractivity contribution is 8.14. The number of rotatable bonds is 3. The van der Waals surface area contributed by atoms with Crippen molar-refractivity contribution in [1.29, 1.82) is 0 Å². The molecule has 1 N–H and O–H groups in total. The number of benzene rings is 2. The lowest BCUT2D eigenvalue weighted by Crippen LogP contribution is -2.09. The minimum Gasteiger partial charge on any atom is -0.335 e. The standard InChI is InChI=1S/C18H20N2S/c1-3-14-11-7-8-13(2)17(14)20-18-19-12-16(21-18)15-9-5-4-6-10-15/h4-11,16H,3,12H2,1-2H3,(H,19,20). The van der Waals surface area contributed by atoms with Crippen LogP contribution < -0.4 is 5.32 Å². The Balaban J connectivity index is 1.73. The third-order valence-electron chi connectivity index (χ3n) is 3.80. The SMILES string of the molecule is CCc1cccc(C)c1NC1=NCC(c2ccccc2)S1. The van der Waals surface area contributed by atoms with Crippen LogP contribution in [0.25, 0.3) is 0 Å². The van der Waals surface area contributed by atoms with E-state index in [9.17, 15) is 0 Å². The number of nitrogens with zero attached hydrogens (tertiary/aromatic N) is 1. The lowest BCUT2D eigenvalue weighted by Gasteiger charge is -2.14. The van der Waals surface area contributed by atoms with E-state index in [-0.39, 0.29) is 0 Å². The van der Waals surface area contributed by atoms with Gasteiger partial charge in [-0.05, 0) is 30.0 Å². The van der Waals surface area contributed by atoms with Gasteiger partial charge in [0.25, 0.3) is 0 Å². The molecule has 1 aliphatic heterocycles. The first-order valence-electron chi connectivity index (χ1n) is 7.39. The van der Waals surface area contributed by atoms with Crippen LogP contribution in [0.15, 0.2) is 53.5 Å². The van der Waals surface area contributed by atoms with Gasteiger partial charge >= 0.3 is 0 Å². The van der Waals surface area contributed by atoms with Gasteiger partial charge in [0.15, 0.2) is 5.17 Å². The number of thioether (sulfide) groups is 1. The van der Waals surface area contributed by atoms with Crippen LogP contribution in [0, 0.1) is 6.92 Å². The van der Waals surface area contributed by atoms with Gasteiger partial charge in [-0.15, -0.1) is 0 Å². The van der Waals surface area contributed by atoms with Crippen LogP contribution >= 0.6 is 11.8 Å². The number of anilines is 1. The summed E-state index contributed by atoms with van der Waals surface area (Å²) in [5.41, 5.74) is 5.20. The van der Waals surface area contributed by atoms with Crippen LogP contribution in [0.4, 0.5) is 5.69 Å². The first-order chi connectivity index (χ1) is 10.3. The minimum atomic E-state index is 0.433. The quantitative estimate of drug-likeness (QED) is 0.878. The normalized spacial score (nSPS) is 17.6. The number of para-hydroxylation sites is 1. The highest BCUT2D eigenvalue weighted by Crippen LogP contribution is 2.36. The number of amidine groups is 1. The lowest BCUT2D eigenvalue weighted by molar-refractivity contribution is 0.966. The van der Waals surface area contributed by atoms with Gasteiger partial charge in [0, 0.05) is 5.69 Å². The fraction of sp³-hybridized carbons (Fsp3) is 0.278. The Kier molecular flexibility index (Phi) is 4.30. The number of aliphatic imine (C=N–C) groups is 1. The topological polar surface area (TPSA) is 24.4 Å². The summed E-state index contributed by atoms with van der Waals surface area (Å²) in [6, 6.07) is 17.1. The van der Waals surface area contributed by atoms with Gasteiger partial charge in [-0.2, -0.15) is 0 Å². The molecule has 2 aromatic carbocycles. The number of aryl methyl sites for hydroxylation is 2. The molecule has 0 amide bonds. The third kappa shape index (κ3) is 3.13. The predicted molar refractivity (Wildman–Crippen MR) is 93.3 cm³/mol. The number of hydrogen-bond donors (Lipinski definition) is 1. The first-order valence-corrected chi connectivity index (χ1v) is 8.27. The average Bonchev–Trinajstić information content (AvgIpc) is 2.99. The Hall–Kier alpha value is -1.74. The van der Waals surface area contributed by atoms with Crippen LogP contribution in [0.5, 0.6) is 0 Å². The summed E-state index contributed by atoms with van der Waals surface area (Å²) in [5, 5.41) is 5.01. The van der Waals surface area contributed by atoms with E-state index in [1.54, 1.807) is 0 Å². The Morgan fingerprint density at radius 1 is 1.14 bits per heavy atom. The van der Waals surface area contributed by atoms with Crippen molar-refractivity contribution in [3.8, 4) is 0 Å². The molecule has 0 radical (unpaired) electrons. The maximum absolute atomic E-state index is 4.67. The van der Waals surface area contributed by atoms with Crippen molar-refractivity contribution in [2.24, 2.45) is 4.99 Å². The van der Waals surface area contributed by atoms with Gasteiger partial charge in [-0.25, -0.2) is 0 Å². The van der Waals surface area contributed by atoms with Gasteiger partial charge in [0.1, 0.15) is 0 Å². The second-order valence-electron chi connectivity index (χ2n) is 5.25. The minimum absolute atomic E-state index is 0.433. The molecule has 2 nitrogen and oxygen atoms in total. The molecule has 1 atom stereocenters. The van der Waals surface area contributed by atoms with Gasteiger partial charge in [-0.1, -0.05) is 67.2 Å². The van der Waals surface area contributed by atoms with Gasteiger partial charge in [0.05, 0.1) is 11.8 Å². The van der Waals surface area contributed by atoms with Crippen LogP contribution in [0.3, 0.4) is 0 Å². The summed E-state index contributed by atoms with van der Waals surface area (Å²) in [7, 11) is 0. The van der Waals surface area contributed by atoms with Crippen LogP contribution in [-0.4, -0.2) is 11.7 Å². The monoisotopic (exact) mass is 296 g/mol. The van der Waals surface area contributed by atoms with Crippen LogP contribution in [0.1, 0.15) is 28.9 Å². The fourth-order valence-electron chi connectivity index (χ4n) is 2.59. The molecule has 1 aliphatic rings. The molecule has 1 heterocycles. The second-order valence-corrected chi connectivity index (χ2v) is 6.44. The summed E-state index contributed by atoms with van der Waals surface area (Å²) >= 11 is 1.83. The smallest absolute Gasteiger partial charge is 0.161 e. The molecule has 0 saturated carbocycles. The molecule has 0 bridgehead atoms. The molecule has 2 aromatic rings. The van der Waals surface area contributed by atoms with Crippen LogP contribution in [0.2, 0.25) is 0 Å². The van der Waals surface area contributed by atoms with Crippen molar-refractivity contribution in [2.75, 3.05) is 11.9 Å². The maximum Gasteiger partial charge on any atom is 0.161 e. The fourth-order valence-corrected chi connectivity index (χ4v) is 3.62. The largest absolute Gasteiger partial charge is 0.335 e. The second kappa shape index (κ2) is 6.35. The molecular weight excluding hydrogens is 276 g/mol. The molecule has 108 valence electrons. The van der Waals surface area contributed by atoms with Gasteiger partial charge in [0.2, 0.25) is 0 Å². The van der Waals surface area contributed by atoms with Crippen molar-refractivity contribution in [3.63, 3.8) is 0 Å². The van der Waals surface area contributed by atoms with Crippen molar-refractivity contribution in [3.05, 3.63) is 65.2 Å². The summed E-state index contributed by atoms with van der Waals surface area (Å²) < 4.78 is 0. The number of hydrogen-bond acceptors (Lipinski definition) is 3. The van der Waals surface area contributed by atoms with Crippen molar-refractivity contribution in [1.82, 2.24) is 0 Å². The lowest BCUT2D eigenvalue weighted by atomic mass is 10.1. The molecule has 0 fully saturated rings. The zero-order chi connectivity index (χ0) is 14.7. The number of nitrogens with one attached hydrogen (secondary N) is 1. The zero-order valence-corrected chi connectivity index (χ0v) is 13.3. The Morgan fingerprint density at radius 3 is 2.71 bits per heavy atom. The maximum atomic E-state index is 4.67. The van der Waals surface area contributed by atoms with Crippen molar-refractivity contribution in [2.45, 2.75) is 25.5 Å². The van der Waals surface area contributed by atoms with Crippen molar-refractivity contribution < 1.29 is 0 Å². The van der Waals surface area contributed by atoms with E-state index in [1.807, 2.05) is 11.8 Å². The molecule has 1 unspecified atom stereocenters. The predicted octanol–water partition coefficient (Wildman–Crippen LogP) is 4.81. The molecule has 0 aromatic heterocycles. The van der Waals surface area contributed by atoms with E-state index >= 15 is 0 Å². The molecule has 0 spiro atoms. The van der Waals surface area contributed by atoms with E-state index in [4.69, 9.17) is 0 Å². The summed E-state index contributed by atoms with van der Waals surface area (Å²) in [6.45, 7) is 5.19. The molecular formula is C18H20N2S. The Bertz CT molecular complexity index is 650. The van der Waals surface area contributed by atoms with Crippen LogP contribution in [-0.2, 0) is 6.42 Å². The molecule has 3 rings (SSSR count). The summed E-state index contributed by atoms with van der Waals surface area (Å²) in [5.74, 6) is 0. The van der Waals surface area contributed by atoms with E-state index in [2.05, 4.69) is 72.7 Å².